The lowest BCUT2D eigenvalue weighted by molar-refractivity contribution is -0.116. The van der Waals surface area contributed by atoms with Gasteiger partial charge >= 0.3 is 0 Å². The largest absolute Gasteiger partial charge is 0.493 e. The third-order valence-electron chi connectivity index (χ3n) is 3.75. The lowest BCUT2D eigenvalue weighted by Crippen LogP contribution is -2.26. The number of ether oxygens (including phenoxy) is 1. The predicted octanol–water partition coefficient (Wildman–Crippen LogP) is 4.20. The standard InChI is InChI=1S/C20H23ClN2O3/c1-3-26-18-8-5-4-7-16(18)20(25)22-12-6-9-19(24)23-15-11-10-14(2)17(21)13-15/h4-5,7-8,10-11,13H,3,6,9,12H2,1-2H3,(H,22,25)(H,23,24). The molecule has 2 amide bonds. The Morgan fingerprint density at radius 1 is 1.15 bits per heavy atom. The molecule has 138 valence electrons. The highest BCUT2D eigenvalue weighted by molar-refractivity contribution is 6.31. The number of aryl methyl sites for hydroxylation is 1. The van der Waals surface area contributed by atoms with Crippen molar-refractivity contribution in [2.45, 2.75) is 26.7 Å². The van der Waals surface area contributed by atoms with Crippen molar-refractivity contribution < 1.29 is 14.3 Å². The highest BCUT2D eigenvalue weighted by Crippen LogP contribution is 2.20. The first kappa shape index (κ1) is 19.8. The van der Waals surface area contributed by atoms with Crippen molar-refractivity contribution in [2.75, 3.05) is 18.5 Å². The third kappa shape index (κ3) is 5.77. The zero-order valence-corrected chi connectivity index (χ0v) is 15.7. The normalized spacial score (nSPS) is 10.3. The van der Waals surface area contributed by atoms with Crippen molar-refractivity contribution in [3.8, 4) is 5.75 Å². The summed E-state index contributed by atoms with van der Waals surface area (Å²) in [4.78, 5) is 24.2. The Labute approximate surface area is 158 Å². The van der Waals surface area contributed by atoms with E-state index in [9.17, 15) is 9.59 Å². The minimum Gasteiger partial charge on any atom is -0.493 e. The molecule has 0 aliphatic heterocycles. The fourth-order valence-electron chi connectivity index (χ4n) is 2.38. The fourth-order valence-corrected chi connectivity index (χ4v) is 2.56. The van der Waals surface area contributed by atoms with E-state index >= 15 is 0 Å². The molecule has 26 heavy (non-hydrogen) atoms. The van der Waals surface area contributed by atoms with Gasteiger partial charge < -0.3 is 15.4 Å². The number of halogens is 1. The van der Waals surface area contributed by atoms with Gasteiger partial charge in [0.2, 0.25) is 5.91 Å². The van der Waals surface area contributed by atoms with Crippen LogP contribution in [0.4, 0.5) is 5.69 Å². The number of carbonyl (C=O) groups excluding carboxylic acids is 2. The molecule has 2 aromatic rings. The molecule has 0 heterocycles. The quantitative estimate of drug-likeness (QED) is 0.680. The molecule has 0 saturated carbocycles. The molecular formula is C20H23ClN2O3. The summed E-state index contributed by atoms with van der Waals surface area (Å²) in [6, 6.07) is 12.5. The smallest absolute Gasteiger partial charge is 0.255 e. The zero-order valence-electron chi connectivity index (χ0n) is 15.0. The summed E-state index contributed by atoms with van der Waals surface area (Å²) in [5.41, 5.74) is 2.12. The zero-order chi connectivity index (χ0) is 18.9. The number of carbonyl (C=O) groups is 2. The van der Waals surface area contributed by atoms with E-state index in [2.05, 4.69) is 10.6 Å². The minimum atomic E-state index is -0.209. The number of anilines is 1. The van der Waals surface area contributed by atoms with Crippen LogP contribution in [0.25, 0.3) is 0 Å². The van der Waals surface area contributed by atoms with Crippen LogP contribution in [0.5, 0.6) is 5.75 Å². The summed E-state index contributed by atoms with van der Waals surface area (Å²) in [5, 5.41) is 6.23. The summed E-state index contributed by atoms with van der Waals surface area (Å²) in [6.07, 6.45) is 0.840. The number of rotatable bonds is 8. The molecule has 0 aliphatic rings. The highest BCUT2D eigenvalue weighted by Gasteiger charge is 2.11. The van der Waals surface area contributed by atoms with Crippen molar-refractivity contribution in [1.82, 2.24) is 5.32 Å². The molecule has 0 bridgehead atoms. The van der Waals surface area contributed by atoms with Crippen LogP contribution in [-0.2, 0) is 4.79 Å². The molecule has 5 nitrogen and oxygen atoms in total. The Bertz CT molecular complexity index is 777. The Kier molecular flexibility index (Phi) is 7.48. The van der Waals surface area contributed by atoms with Gasteiger partial charge in [-0.15, -0.1) is 0 Å². The first-order chi connectivity index (χ1) is 12.5. The van der Waals surface area contributed by atoms with Crippen LogP contribution in [0.2, 0.25) is 5.02 Å². The summed E-state index contributed by atoms with van der Waals surface area (Å²) in [6.45, 7) is 4.67. The van der Waals surface area contributed by atoms with Gasteiger partial charge in [0, 0.05) is 23.7 Å². The fraction of sp³-hybridized carbons (Fsp3) is 0.300. The monoisotopic (exact) mass is 374 g/mol. The van der Waals surface area contributed by atoms with Gasteiger partial charge in [0.25, 0.3) is 5.91 Å². The van der Waals surface area contributed by atoms with Crippen molar-refractivity contribution in [1.29, 1.82) is 0 Å². The SMILES string of the molecule is CCOc1ccccc1C(=O)NCCCC(=O)Nc1ccc(C)c(Cl)c1. The lowest BCUT2D eigenvalue weighted by atomic mass is 10.2. The van der Waals surface area contributed by atoms with Gasteiger partial charge in [-0.3, -0.25) is 9.59 Å². The van der Waals surface area contributed by atoms with E-state index in [0.29, 0.717) is 48.0 Å². The van der Waals surface area contributed by atoms with E-state index in [1.54, 1.807) is 24.3 Å². The van der Waals surface area contributed by atoms with E-state index in [1.807, 2.05) is 32.0 Å². The van der Waals surface area contributed by atoms with Gasteiger partial charge in [-0.05, 0) is 50.1 Å². The molecule has 0 unspecified atom stereocenters. The van der Waals surface area contributed by atoms with E-state index in [4.69, 9.17) is 16.3 Å². The van der Waals surface area contributed by atoms with Crippen LogP contribution < -0.4 is 15.4 Å². The minimum absolute atomic E-state index is 0.117. The average Bonchev–Trinajstić information content (AvgIpc) is 2.62. The maximum Gasteiger partial charge on any atom is 0.255 e. The molecule has 0 fully saturated rings. The summed E-state index contributed by atoms with van der Waals surface area (Å²) in [5.74, 6) is 0.232. The summed E-state index contributed by atoms with van der Waals surface area (Å²) in [7, 11) is 0. The molecule has 2 aromatic carbocycles. The Balaban J connectivity index is 1.76. The Morgan fingerprint density at radius 3 is 2.65 bits per heavy atom. The number of hydrogen-bond acceptors (Lipinski definition) is 3. The van der Waals surface area contributed by atoms with Gasteiger partial charge in [-0.2, -0.15) is 0 Å². The molecule has 0 aliphatic carbocycles. The van der Waals surface area contributed by atoms with Gasteiger partial charge in [0.05, 0.1) is 12.2 Å². The first-order valence-electron chi connectivity index (χ1n) is 8.57. The van der Waals surface area contributed by atoms with E-state index in [-0.39, 0.29) is 11.8 Å². The molecule has 0 spiro atoms. The second kappa shape index (κ2) is 9.82. The van der Waals surface area contributed by atoms with Gasteiger partial charge in [0.15, 0.2) is 0 Å². The van der Waals surface area contributed by atoms with Gasteiger partial charge in [-0.25, -0.2) is 0 Å². The molecule has 0 atom stereocenters. The van der Waals surface area contributed by atoms with E-state index in [0.717, 1.165) is 5.56 Å². The van der Waals surface area contributed by atoms with Crippen LogP contribution >= 0.6 is 11.6 Å². The van der Waals surface area contributed by atoms with Crippen LogP contribution in [0.3, 0.4) is 0 Å². The van der Waals surface area contributed by atoms with Crippen LogP contribution in [0, 0.1) is 6.92 Å². The van der Waals surface area contributed by atoms with Crippen LogP contribution in [0.15, 0.2) is 42.5 Å². The molecule has 0 saturated heterocycles. The van der Waals surface area contributed by atoms with Crippen molar-refractivity contribution in [3.63, 3.8) is 0 Å². The van der Waals surface area contributed by atoms with Crippen LogP contribution in [-0.4, -0.2) is 25.0 Å². The molecule has 6 heteroatoms. The van der Waals surface area contributed by atoms with Crippen molar-refractivity contribution in [3.05, 3.63) is 58.6 Å². The number of hydrogen-bond donors (Lipinski definition) is 2. The van der Waals surface area contributed by atoms with Crippen molar-refractivity contribution >= 4 is 29.1 Å². The predicted molar refractivity (Wildman–Crippen MR) is 104 cm³/mol. The maximum atomic E-state index is 12.2. The van der Waals surface area contributed by atoms with E-state index in [1.165, 1.54) is 0 Å². The number of nitrogens with one attached hydrogen (secondary N) is 2. The first-order valence-corrected chi connectivity index (χ1v) is 8.95. The van der Waals surface area contributed by atoms with Crippen molar-refractivity contribution in [2.24, 2.45) is 0 Å². The van der Waals surface area contributed by atoms with E-state index < -0.39 is 0 Å². The summed E-state index contributed by atoms with van der Waals surface area (Å²) >= 11 is 6.04. The second-order valence-corrected chi connectivity index (χ2v) is 6.21. The lowest BCUT2D eigenvalue weighted by Gasteiger charge is -2.10. The molecule has 0 radical (unpaired) electrons. The molecular weight excluding hydrogens is 352 g/mol. The topological polar surface area (TPSA) is 67.4 Å². The number of benzene rings is 2. The molecule has 2 N–H and O–H groups in total. The molecule has 2 rings (SSSR count). The van der Waals surface area contributed by atoms with Crippen LogP contribution in [0.1, 0.15) is 35.7 Å². The number of amides is 2. The van der Waals surface area contributed by atoms with Gasteiger partial charge in [-0.1, -0.05) is 29.8 Å². The Hall–Kier alpha value is -2.53. The Morgan fingerprint density at radius 2 is 1.92 bits per heavy atom. The summed E-state index contributed by atoms with van der Waals surface area (Å²) < 4.78 is 5.45. The third-order valence-corrected chi connectivity index (χ3v) is 4.16. The van der Waals surface area contributed by atoms with Gasteiger partial charge in [0.1, 0.15) is 5.75 Å². The second-order valence-electron chi connectivity index (χ2n) is 5.80. The highest BCUT2D eigenvalue weighted by atomic mass is 35.5. The molecule has 0 aromatic heterocycles. The number of para-hydroxylation sites is 1. The maximum absolute atomic E-state index is 12.2. The average molecular weight is 375 g/mol.